The molecule has 0 unspecified atom stereocenters. The molecule has 0 bridgehead atoms. The molecule has 6 heteroatoms. The number of cyclic esters (lactones) is 1. The van der Waals surface area contributed by atoms with Crippen LogP contribution < -0.4 is 5.32 Å². The molecule has 0 radical (unpaired) electrons. The van der Waals surface area contributed by atoms with Crippen LogP contribution in [-0.2, 0) is 18.2 Å². The van der Waals surface area contributed by atoms with Gasteiger partial charge in [0.2, 0.25) is 0 Å². The maximum Gasteiger partial charge on any atom is 0.407 e. The predicted molar refractivity (Wildman–Crippen MR) is 117 cm³/mol. The zero-order valence-electron chi connectivity index (χ0n) is 18.5. The summed E-state index contributed by atoms with van der Waals surface area (Å²) in [6, 6.07) is 9.35. The number of aromatic nitrogens is 1. The summed E-state index contributed by atoms with van der Waals surface area (Å²) in [5, 5.41) is 2.97. The summed E-state index contributed by atoms with van der Waals surface area (Å²) in [4.78, 5) is 24.3. The molecule has 1 spiro atoms. The number of Topliss-reactive ketones (excluding diaryl/α,β-unsaturated/α-hetero) is 1. The number of carbonyl (C=O) groups excluding carboxylic acids is 2. The Morgan fingerprint density at radius 1 is 1.32 bits per heavy atom. The smallest absolute Gasteiger partial charge is 0.407 e. The molecule has 1 N–H and O–H groups in total. The van der Waals surface area contributed by atoms with Crippen molar-refractivity contribution in [2.45, 2.75) is 69.7 Å². The van der Waals surface area contributed by atoms with Gasteiger partial charge in [-0.15, -0.1) is 0 Å². The number of benzene rings is 1. The van der Waals surface area contributed by atoms with Gasteiger partial charge in [0.1, 0.15) is 12.4 Å². The van der Waals surface area contributed by atoms with Crippen LogP contribution in [0, 0.1) is 5.82 Å². The van der Waals surface area contributed by atoms with Crippen LogP contribution in [0.4, 0.5) is 9.18 Å². The average Bonchev–Trinajstić information content (AvgIpc) is 3.42. The number of alkyl carbamates (subject to hydrolysis) is 1. The average molecular weight is 427 g/mol. The largest absolute Gasteiger partial charge is 0.447 e. The van der Waals surface area contributed by atoms with E-state index in [1.165, 1.54) is 0 Å². The molecule has 2 atom stereocenters. The van der Waals surface area contributed by atoms with Gasteiger partial charge in [0.05, 0.1) is 11.2 Å². The minimum Gasteiger partial charge on any atom is -0.447 e. The molecule has 1 aromatic heterocycles. The van der Waals surface area contributed by atoms with Crippen molar-refractivity contribution in [2.75, 3.05) is 6.61 Å². The molecular weight excluding hydrogens is 395 g/mol. The highest BCUT2D eigenvalue weighted by molar-refractivity contribution is 5.94. The van der Waals surface area contributed by atoms with E-state index < -0.39 is 0 Å². The number of amides is 1. The summed E-state index contributed by atoms with van der Waals surface area (Å²) >= 11 is 0. The molecule has 2 aromatic rings. The summed E-state index contributed by atoms with van der Waals surface area (Å²) < 4.78 is 21.4. The quantitative estimate of drug-likeness (QED) is 0.616. The van der Waals surface area contributed by atoms with E-state index in [1.807, 2.05) is 49.7 Å². The predicted octanol–water partition coefficient (Wildman–Crippen LogP) is 5.24. The van der Waals surface area contributed by atoms with Gasteiger partial charge in [-0.25, -0.2) is 9.18 Å². The van der Waals surface area contributed by atoms with Gasteiger partial charge in [-0.1, -0.05) is 26.0 Å². The number of ketones is 1. The van der Waals surface area contributed by atoms with Crippen molar-refractivity contribution in [2.24, 2.45) is 7.05 Å². The molecule has 31 heavy (non-hydrogen) atoms. The standard InChI is InChI=1S/C25H31FN2O3/c1-16(2)18-8-7-17(20(26)13-18)5-4-6-23(29)22-10-9-21(28(22)3)19-11-12-25(14-19)15-31-24(30)27-25/h7-10,13,16,19H,4-6,11-12,14-15H2,1-3H3,(H,27,30)/t19-,25+/m0/s1. The third kappa shape index (κ3) is 4.39. The van der Waals surface area contributed by atoms with Crippen molar-refractivity contribution >= 4 is 11.9 Å². The minimum absolute atomic E-state index is 0.0816. The number of rotatable bonds is 7. The van der Waals surface area contributed by atoms with E-state index in [4.69, 9.17) is 4.74 Å². The van der Waals surface area contributed by atoms with Crippen molar-refractivity contribution in [3.63, 3.8) is 0 Å². The number of ether oxygens (including phenoxy) is 1. The first-order chi connectivity index (χ1) is 14.8. The third-order valence-electron chi connectivity index (χ3n) is 6.91. The van der Waals surface area contributed by atoms with Crippen molar-refractivity contribution in [3.8, 4) is 0 Å². The Bertz CT molecular complexity index is 997. The molecule has 1 amide bonds. The molecule has 1 saturated carbocycles. The maximum atomic E-state index is 14.3. The third-order valence-corrected chi connectivity index (χ3v) is 6.91. The number of hydrogen-bond donors (Lipinski definition) is 1. The van der Waals surface area contributed by atoms with Crippen molar-refractivity contribution in [1.82, 2.24) is 9.88 Å². The molecule has 1 aliphatic heterocycles. The molecule has 166 valence electrons. The van der Waals surface area contributed by atoms with Gasteiger partial charge in [0, 0.05) is 25.1 Å². The van der Waals surface area contributed by atoms with Gasteiger partial charge in [0.15, 0.2) is 5.78 Å². The minimum atomic E-state index is -0.335. The van der Waals surface area contributed by atoms with Crippen LogP contribution in [0.25, 0.3) is 0 Å². The normalized spacial score (nSPS) is 22.9. The Balaban J connectivity index is 1.35. The van der Waals surface area contributed by atoms with Gasteiger partial charge < -0.3 is 14.6 Å². The number of aryl methyl sites for hydroxylation is 1. The van der Waals surface area contributed by atoms with Crippen LogP contribution in [-0.4, -0.2) is 28.6 Å². The first-order valence-electron chi connectivity index (χ1n) is 11.2. The second-order valence-corrected chi connectivity index (χ2v) is 9.41. The Morgan fingerprint density at radius 3 is 2.81 bits per heavy atom. The van der Waals surface area contributed by atoms with E-state index in [9.17, 15) is 14.0 Å². The lowest BCUT2D eigenvalue weighted by molar-refractivity contribution is 0.0971. The van der Waals surface area contributed by atoms with E-state index in [1.54, 1.807) is 6.07 Å². The second kappa shape index (κ2) is 8.48. The highest BCUT2D eigenvalue weighted by Crippen LogP contribution is 2.43. The molecule has 2 aliphatic rings. The number of carbonyl (C=O) groups is 2. The SMILES string of the molecule is CC(C)c1ccc(CCCC(=O)c2ccc([C@H]3CC[C@]4(COC(=O)N4)C3)n2C)c(F)c1. The van der Waals surface area contributed by atoms with Gasteiger partial charge in [-0.3, -0.25) is 4.79 Å². The highest BCUT2D eigenvalue weighted by Gasteiger charge is 2.46. The summed E-state index contributed by atoms with van der Waals surface area (Å²) in [5.74, 6) is 0.488. The van der Waals surface area contributed by atoms with E-state index >= 15 is 0 Å². The monoisotopic (exact) mass is 426 g/mol. The molecule has 1 aromatic carbocycles. The van der Waals surface area contributed by atoms with Gasteiger partial charge in [-0.05, 0) is 67.3 Å². The molecule has 1 aliphatic carbocycles. The molecule has 2 heterocycles. The van der Waals surface area contributed by atoms with Crippen LogP contribution in [0.2, 0.25) is 0 Å². The molecule has 1 saturated heterocycles. The van der Waals surface area contributed by atoms with Gasteiger partial charge in [-0.2, -0.15) is 0 Å². The maximum absolute atomic E-state index is 14.3. The molecule has 5 nitrogen and oxygen atoms in total. The van der Waals surface area contributed by atoms with Crippen LogP contribution in [0.15, 0.2) is 30.3 Å². The number of nitrogens with zero attached hydrogens (tertiary/aromatic N) is 1. The van der Waals surface area contributed by atoms with Crippen molar-refractivity contribution in [1.29, 1.82) is 0 Å². The second-order valence-electron chi connectivity index (χ2n) is 9.41. The summed E-state index contributed by atoms with van der Waals surface area (Å²) in [6.07, 6.45) is 3.90. The summed E-state index contributed by atoms with van der Waals surface area (Å²) in [5.41, 5.74) is 3.22. The number of nitrogens with one attached hydrogen (secondary N) is 1. The van der Waals surface area contributed by atoms with E-state index in [0.29, 0.717) is 49.0 Å². The fraction of sp³-hybridized carbons (Fsp3) is 0.520. The number of halogens is 1. The molecule has 4 rings (SSSR count). The van der Waals surface area contributed by atoms with E-state index in [0.717, 1.165) is 30.5 Å². The number of hydrogen-bond acceptors (Lipinski definition) is 3. The lowest BCUT2D eigenvalue weighted by atomic mass is 9.96. The fourth-order valence-electron chi connectivity index (χ4n) is 5.03. The Hall–Kier alpha value is -2.63. The van der Waals surface area contributed by atoms with Crippen molar-refractivity contribution in [3.05, 3.63) is 58.7 Å². The van der Waals surface area contributed by atoms with Crippen molar-refractivity contribution < 1.29 is 18.7 Å². The Labute approximate surface area is 183 Å². The van der Waals surface area contributed by atoms with Gasteiger partial charge in [0.25, 0.3) is 0 Å². The fourth-order valence-corrected chi connectivity index (χ4v) is 5.03. The van der Waals surface area contributed by atoms with E-state index in [2.05, 4.69) is 5.32 Å². The summed E-state index contributed by atoms with van der Waals surface area (Å²) in [6.45, 7) is 4.52. The van der Waals surface area contributed by atoms with Crippen LogP contribution in [0.5, 0.6) is 0 Å². The first kappa shape index (κ1) is 21.6. The van der Waals surface area contributed by atoms with Crippen LogP contribution in [0.3, 0.4) is 0 Å². The topological polar surface area (TPSA) is 60.3 Å². The molecular formula is C25H31FN2O3. The van der Waals surface area contributed by atoms with Gasteiger partial charge >= 0.3 is 6.09 Å². The molecule has 2 fully saturated rings. The summed E-state index contributed by atoms with van der Waals surface area (Å²) in [7, 11) is 1.93. The van der Waals surface area contributed by atoms with Crippen LogP contribution >= 0.6 is 0 Å². The Kier molecular flexibility index (Phi) is 5.91. The zero-order chi connectivity index (χ0) is 22.2. The zero-order valence-corrected chi connectivity index (χ0v) is 18.5. The Morgan fingerprint density at radius 2 is 2.13 bits per heavy atom. The van der Waals surface area contributed by atoms with Crippen LogP contribution in [0.1, 0.15) is 85.1 Å². The lowest BCUT2D eigenvalue weighted by Gasteiger charge is -2.20. The van der Waals surface area contributed by atoms with E-state index in [-0.39, 0.29) is 23.2 Å². The first-order valence-corrected chi connectivity index (χ1v) is 11.2. The lowest BCUT2D eigenvalue weighted by Crippen LogP contribution is -2.40. The highest BCUT2D eigenvalue weighted by atomic mass is 19.1.